The Bertz CT molecular complexity index is 1500. The Labute approximate surface area is 258 Å². The van der Waals surface area contributed by atoms with Gasteiger partial charge in [0.1, 0.15) is 5.82 Å². The molecule has 43 heavy (non-hydrogen) atoms. The summed E-state index contributed by atoms with van der Waals surface area (Å²) in [6.45, 7) is 8.99. The van der Waals surface area contributed by atoms with Crippen molar-refractivity contribution in [1.82, 2.24) is 19.8 Å². The van der Waals surface area contributed by atoms with E-state index < -0.39 is 0 Å². The number of halogens is 1. The van der Waals surface area contributed by atoms with Gasteiger partial charge in [0.15, 0.2) is 11.5 Å². The van der Waals surface area contributed by atoms with E-state index in [2.05, 4.69) is 48.0 Å². The second-order valence-electron chi connectivity index (χ2n) is 11.4. The number of imidazole rings is 1. The predicted octanol–water partition coefficient (Wildman–Crippen LogP) is 6.54. The van der Waals surface area contributed by atoms with E-state index in [-0.39, 0.29) is 17.0 Å². The highest BCUT2D eigenvalue weighted by Crippen LogP contribution is 2.39. The Kier molecular flexibility index (Phi) is 10.2. The second kappa shape index (κ2) is 14.3. The number of nitrogens with one attached hydrogen (secondary N) is 1. The van der Waals surface area contributed by atoms with E-state index >= 15 is 0 Å². The molecule has 5 rings (SSSR count). The zero-order chi connectivity index (χ0) is 30.3. The Morgan fingerprint density at radius 2 is 1.74 bits per heavy atom. The van der Waals surface area contributed by atoms with E-state index in [0.717, 1.165) is 56.1 Å². The van der Waals surface area contributed by atoms with Gasteiger partial charge in [0.25, 0.3) is 5.91 Å². The Morgan fingerprint density at radius 1 is 1.02 bits per heavy atom. The van der Waals surface area contributed by atoms with Crippen molar-refractivity contribution in [2.45, 2.75) is 39.3 Å². The molecule has 1 atom stereocenters. The van der Waals surface area contributed by atoms with Crippen LogP contribution in [-0.2, 0) is 17.7 Å². The van der Waals surface area contributed by atoms with Gasteiger partial charge in [-0.25, -0.2) is 4.98 Å². The molecular formula is C34H41ClN4O4. The molecule has 1 unspecified atom stereocenters. The third kappa shape index (κ3) is 7.15. The second-order valence-corrected chi connectivity index (χ2v) is 11.7. The van der Waals surface area contributed by atoms with Gasteiger partial charge in [-0.3, -0.25) is 9.69 Å². The number of methoxy groups -OCH3 is 2. The number of amides is 1. The number of carbonyl (C=O) groups excluding carboxylic acids is 1. The number of para-hydroxylation sites is 2. The molecule has 2 heterocycles. The molecule has 1 aliphatic heterocycles. The molecule has 228 valence electrons. The maximum Gasteiger partial charge on any atom is 0.256 e. The fourth-order valence-electron chi connectivity index (χ4n) is 5.61. The molecule has 0 saturated carbocycles. The van der Waals surface area contributed by atoms with Crippen LogP contribution in [0.4, 0.5) is 0 Å². The highest BCUT2D eigenvalue weighted by molar-refractivity contribution is 6.35. The van der Waals surface area contributed by atoms with E-state index in [9.17, 15) is 4.79 Å². The van der Waals surface area contributed by atoms with Gasteiger partial charge < -0.3 is 24.1 Å². The van der Waals surface area contributed by atoms with Crippen LogP contribution in [0, 0.1) is 5.92 Å². The number of hydrogen-bond donors (Lipinski definition) is 1. The van der Waals surface area contributed by atoms with Gasteiger partial charge in [-0.15, -0.1) is 0 Å². The maximum atomic E-state index is 14.5. The third-order valence-electron chi connectivity index (χ3n) is 8.05. The number of nitrogens with zero attached hydrogens (tertiary/aromatic N) is 3. The Morgan fingerprint density at radius 3 is 2.44 bits per heavy atom. The van der Waals surface area contributed by atoms with E-state index in [1.165, 1.54) is 18.2 Å². The topological polar surface area (TPSA) is 79.9 Å². The molecule has 1 aromatic heterocycles. The van der Waals surface area contributed by atoms with Crippen LogP contribution in [-0.4, -0.2) is 72.7 Å². The first-order valence-electron chi connectivity index (χ1n) is 14.9. The van der Waals surface area contributed by atoms with E-state index in [0.29, 0.717) is 35.9 Å². The lowest BCUT2D eigenvalue weighted by atomic mass is 9.97. The molecule has 3 aromatic carbocycles. The van der Waals surface area contributed by atoms with Gasteiger partial charge in [0.2, 0.25) is 0 Å². The minimum Gasteiger partial charge on any atom is -0.493 e. The standard InChI is InChI=1S/C34H41ClN4O4/c1-23(2)15-16-39(34(40)26-13-14-30(41-3)32(42-4)31(26)35)29(33-36-27-11-7-8-12-28(27)37-33)21-24-9-5-6-10-25(24)22-38-17-19-43-20-18-38/h5-14,23,29H,15-22H2,1-4H3,(H,36,37). The molecule has 0 spiro atoms. The summed E-state index contributed by atoms with van der Waals surface area (Å²) in [7, 11) is 3.08. The lowest BCUT2D eigenvalue weighted by Gasteiger charge is -2.33. The average Bonchev–Trinajstić information content (AvgIpc) is 3.45. The van der Waals surface area contributed by atoms with Crippen molar-refractivity contribution < 1.29 is 19.0 Å². The van der Waals surface area contributed by atoms with Crippen LogP contribution in [0.1, 0.15) is 53.6 Å². The van der Waals surface area contributed by atoms with Gasteiger partial charge in [-0.1, -0.05) is 61.8 Å². The fourth-order valence-corrected chi connectivity index (χ4v) is 5.92. The summed E-state index contributed by atoms with van der Waals surface area (Å²) < 4.78 is 16.6. The first-order valence-corrected chi connectivity index (χ1v) is 15.3. The first-order chi connectivity index (χ1) is 20.9. The Hall–Kier alpha value is -3.59. The summed E-state index contributed by atoms with van der Waals surface area (Å²) in [6, 6.07) is 19.6. The SMILES string of the molecule is COc1ccc(C(=O)N(CCC(C)C)C(Cc2ccccc2CN2CCOCC2)c2nc3ccccc3[nH]2)c(Cl)c1OC. The number of benzene rings is 3. The van der Waals surface area contributed by atoms with E-state index in [1.807, 2.05) is 29.2 Å². The van der Waals surface area contributed by atoms with Crippen LogP contribution >= 0.6 is 11.6 Å². The van der Waals surface area contributed by atoms with Gasteiger partial charge in [0.05, 0.1) is 55.1 Å². The zero-order valence-electron chi connectivity index (χ0n) is 25.4. The van der Waals surface area contributed by atoms with Crippen molar-refractivity contribution >= 4 is 28.5 Å². The largest absolute Gasteiger partial charge is 0.493 e. The predicted molar refractivity (Wildman–Crippen MR) is 170 cm³/mol. The van der Waals surface area contributed by atoms with Crippen LogP contribution in [0.2, 0.25) is 5.02 Å². The monoisotopic (exact) mass is 604 g/mol. The van der Waals surface area contributed by atoms with Crippen LogP contribution in [0.15, 0.2) is 60.7 Å². The molecule has 1 N–H and O–H groups in total. The van der Waals surface area contributed by atoms with E-state index in [4.69, 9.17) is 30.8 Å². The van der Waals surface area contributed by atoms with Gasteiger partial charge in [-0.2, -0.15) is 0 Å². The van der Waals surface area contributed by atoms with Gasteiger partial charge in [-0.05, 0) is 47.7 Å². The lowest BCUT2D eigenvalue weighted by Crippen LogP contribution is -2.38. The van der Waals surface area contributed by atoms with Gasteiger partial charge >= 0.3 is 0 Å². The number of aromatic amines is 1. The summed E-state index contributed by atoms with van der Waals surface area (Å²) in [5, 5.41) is 0.234. The minimum atomic E-state index is -0.367. The lowest BCUT2D eigenvalue weighted by molar-refractivity contribution is 0.0340. The summed E-state index contributed by atoms with van der Waals surface area (Å²) in [5.41, 5.74) is 4.59. The number of H-pyrrole nitrogens is 1. The molecule has 8 nitrogen and oxygen atoms in total. The smallest absolute Gasteiger partial charge is 0.256 e. The minimum absolute atomic E-state index is 0.178. The van der Waals surface area contributed by atoms with Crippen molar-refractivity contribution in [3.05, 3.63) is 88.2 Å². The quantitative estimate of drug-likeness (QED) is 0.198. The normalized spacial score (nSPS) is 14.7. The van der Waals surface area contributed by atoms with Crippen molar-refractivity contribution in [3.8, 4) is 11.5 Å². The van der Waals surface area contributed by atoms with Gasteiger partial charge in [0, 0.05) is 32.6 Å². The van der Waals surface area contributed by atoms with Crippen molar-refractivity contribution in [2.75, 3.05) is 47.1 Å². The van der Waals surface area contributed by atoms with Crippen LogP contribution in [0.5, 0.6) is 11.5 Å². The molecular weight excluding hydrogens is 564 g/mol. The molecule has 1 fully saturated rings. The summed E-state index contributed by atoms with van der Waals surface area (Å²) in [5.74, 6) is 1.78. The molecule has 1 amide bonds. The number of morpholine rings is 1. The van der Waals surface area contributed by atoms with Crippen LogP contribution in [0.25, 0.3) is 11.0 Å². The van der Waals surface area contributed by atoms with Crippen LogP contribution in [0.3, 0.4) is 0 Å². The van der Waals surface area contributed by atoms with Crippen molar-refractivity contribution in [3.63, 3.8) is 0 Å². The summed E-state index contributed by atoms with van der Waals surface area (Å²) >= 11 is 6.81. The zero-order valence-corrected chi connectivity index (χ0v) is 26.2. The Balaban J connectivity index is 1.59. The summed E-state index contributed by atoms with van der Waals surface area (Å²) in [6.07, 6.45) is 1.41. The first kappa shape index (κ1) is 30.9. The number of ether oxygens (including phenoxy) is 3. The van der Waals surface area contributed by atoms with E-state index in [1.54, 1.807) is 19.2 Å². The van der Waals surface area contributed by atoms with Crippen LogP contribution < -0.4 is 9.47 Å². The number of fused-ring (bicyclic) bond motifs is 1. The third-order valence-corrected chi connectivity index (χ3v) is 8.43. The average molecular weight is 605 g/mol. The highest BCUT2D eigenvalue weighted by Gasteiger charge is 2.32. The molecule has 4 aromatic rings. The molecule has 9 heteroatoms. The highest BCUT2D eigenvalue weighted by atomic mass is 35.5. The molecule has 0 aliphatic carbocycles. The fraction of sp³-hybridized carbons (Fsp3) is 0.412. The molecule has 0 radical (unpaired) electrons. The number of hydrogen-bond acceptors (Lipinski definition) is 6. The molecule has 1 aliphatic rings. The summed E-state index contributed by atoms with van der Waals surface area (Å²) in [4.78, 5) is 27.4. The molecule has 1 saturated heterocycles. The number of carbonyl (C=O) groups is 1. The number of aromatic nitrogens is 2. The molecule has 0 bridgehead atoms. The maximum absolute atomic E-state index is 14.5. The van der Waals surface area contributed by atoms with Crippen molar-refractivity contribution in [1.29, 1.82) is 0 Å². The van der Waals surface area contributed by atoms with Crippen molar-refractivity contribution in [2.24, 2.45) is 5.92 Å². The number of rotatable bonds is 12.